The van der Waals surface area contributed by atoms with E-state index in [2.05, 4.69) is 5.32 Å². The third-order valence-electron chi connectivity index (χ3n) is 2.49. The fourth-order valence-corrected chi connectivity index (χ4v) is 2.26. The highest BCUT2D eigenvalue weighted by molar-refractivity contribution is 7.90. The van der Waals surface area contributed by atoms with Crippen molar-refractivity contribution in [2.45, 2.75) is 0 Å². The second-order valence-electron chi connectivity index (χ2n) is 4.37. The Morgan fingerprint density at radius 2 is 2.06 bits per heavy atom. The van der Waals surface area contributed by atoms with Crippen molar-refractivity contribution in [3.05, 3.63) is 29.3 Å². The van der Waals surface area contributed by atoms with E-state index in [9.17, 15) is 8.42 Å². The van der Waals surface area contributed by atoms with Crippen molar-refractivity contribution in [3.63, 3.8) is 0 Å². The summed E-state index contributed by atoms with van der Waals surface area (Å²) in [7, 11) is -0.974. The van der Waals surface area contributed by atoms with Crippen LogP contribution in [0.1, 0.15) is 0 Å². The van der Waals surface area contributed by atoms with Crippen molar-refractivity contribution in [2.75, 3.05) is 44.0 Å². The predicted molar refractivity (Wildman–Crippen MR) is 77.1 cm³/mol. The molecule has 102 valence electrons. The average Bonchev–Trinajstić information content (AvgIpc) is 2.25. The van der Waals surface area contributed by atoms with Crippen LogP contribution in [0.15, 0.2) is 24.3 Å². The number of sulfone groups is 1. The SMILES string of the molecule is CN(CCNc1cccc(Cl)c1)CCS(C)(=O)=O. The molecule has 1 aromatic rings. The fraction of sp³-hybridized carbons (Fsp3) is 0.500. The van der Waals surface area contributed by atoms with E-state index in [1.165, 1.54) is 6.26 Å². The first kappa shape index (κ1) is 15.3. The van der Waals surface area contributed by atoms with Gasteiger partial charge in [-0.25, -0.2) is 8.42 Å². The number of hydrogen-bond donors (Lipinski definition) is 1. The Hall–Kier alpha value is -0.780. The molecule has 0 fully saturated rings. The number of likely N-dealkylation sites (N-methyl/N-ethyl adjacent to an activating group) is 1. The van der Waals surface area contributed by atoms with Crippen LogP contribution >= 0.6 is 11.6 Å². The van der Waals surface area contributed by atoms with Crippen molar-refractivity contribution < 1.29 is 8.42 Å². The minimum absolute atomic E-state index is 0.195. The van der Waals surface area contributed by atoms with E-state index in [4.69, 9.17) is 11.6 Å². The maximum absolute atomic E-state index is 11.0. The Kier molecular flexibility index (Phi) is 5.91. The largest absolute Gasteiger partial charge is 0.384 e. The Balaban J connectivity index is 2.25. The quantitative estimate of drug-likeness (QED) is 0.831. The van der Waals surface area contributed by atoms with Gasteiger partial charge in [-0.1, -0.05) is 17.7 Å². The van der Waals surface area contributed by atoms with Gasteiger partial charge in [0.2, 0.25) is 0 Å². The van der Waals surface area contributed by atoms with E-state index in [0.717, 1.165) is 18.8 Å². The third-order valence-corrected chi connectivity index (χ3v) is 3.65. The monoisotopic (exact) mass is 290 g/mol. The summed E-state index contributed by atoms with van der Waals surface area (Å²) in [5.74, 6) is 0.195. The van der Waals surface area contributed by atoms with E-state index >= 15 is 0 Å². The second-order valence-corrected chi connectivity index (χ2v) is 7.07. The molecular weight excluding hydrogens is 272 g/mol. The summed E-state index contributed by atoms with van der Waals surface area (Å²) >= 11 is 5.87. The van der Waals surface area contributed by atoms with Gasteiger partial charge in [0.05, 0.1) is 5.75 Å². The number of anilines is 1. The zero-order valence-corrected chi connectivity index (χ0v) is 12.3. The molecule has 0 radical (unpaired) electrons. The molecule has 0 heterocycles. The molecular formula is C12H19ClN2O2S. The summed E-state index contributed by atoms with van der Waals surface area (Å²) in [6, 6.07) is 7.52. The molecule has 0 aliphatic carbocycles. The van der Waals surface area contributed by atoms with Crippen molar-refractivity contribution in [3.8, 4) is 0 Å². The average molecular weight is 291 g/mol. The third kappa shape index (κ3) is 6.83. The molecule has 0 spiro atoms. The fourth-order valence-electron chi connectivity index (χ4n) is 1.42. The molecule has 6 heteroatoms. The summed E-state index contributed by atoms with van der Waals surface area (Å²) in [6.45, 7) is 2.08. The molecule has 0 atom stereocenters. The smallest absolute Gasteiger partial charge is 0.148 e. The maximum Gasteiger partial charge on any atom is 0.148 e. The van der Waals surface area contributed by atoms with Gasteiger partial charge in [0.15, 0.2) is 0 Å². The van der Waals surface area contributed by atoms with Crippen molar-refractivity contribution in [2.24, 2.45) is 0 Å². The summed E-state index contributed by atoms with van der Waals surface area (Å²) < 4.78 is 22.0. The van der Waals surface area contributed by atoms with E-state index in [1.54, 1.807) is 0 Å². The molecule has 0 bridgehead atoms. The number of halogens is 1. The van der Waals surface area contributed by atoms with E-state index in [-0.39, 0.29) is 5.75 Å². The van der Waals surface area contributed by atoms with Crippen LogP contribution in [0.25, 0.3) is 0 Å². The van der Waals surface area contributed by atoms with Gasteiger partial charge in [-0.05, 0) is 25.2 Å². The topological polar surface area (TPSA) is 49.4 Å². The zero-order chi connectivity index (χ0) is 13.6. The lowest BCUT2D eigenvalue weighted by atomic mass is 10.3. The van der Waals surface area contributed by atoms with E-state index < -0.39 is 9.84 Å². The summed E-state index contributed by atoms with van der Waals surface area (Å²) in [4.78, 5) is 1.98. The standard InChI is InChI=1S/C12H19ClN2O2S/c1-15(8-9-18(2,16)17)7-6-14-12-5-3-4-11(13)10-12/h3-5,10,14H,6-9H2,1-2H3. The van der Waals surface area contributed by atoms with Crippen LogP contribution in [0.5, 0.6) is 0 Å². The molecule has 4 nitrogen and oxygen atoms in total. The Bertz CT molecular complexity index is 477. The molecule has 0 aromatic heterocycles. The first-order valence-corrected chi connectivity index (χ1v) is 8.16. The van der Waals surface area contributed by atoms with Gasteiger partial charge in [-0.2, -0.15) is 0 Å². The minimum atomic E-state index is -2.88. The van der Waals surface area contributed by atoms with Crippen molar-refractivity contribution in [1.29, 1.82) is 0 Å². The predicted octanol–water partition coefficient (Wildman–Crippen LogP) is 1.73. The highest BCUT2D eigenvalue weighted by Crippen LogP contribution is 2.14. The van der Waals surface area contributed by atoms with Crippen LogP contribution in [-0.4, -0.2) is 52.0 Å². The van der Waals surface area contributed by atoms with Crippen molar-refractivity contribution >= 4 is 27.1 Å². The number of rotatable bonds is 7. The number of nitrogens with one attached hydrogen (secondary N) is 1. The van der Waals surface area contributed by atoms with Crippen LogP contribution in [0.3, 0.4) is 0 Å². The lowest BCUT2D eigenvalue weighted by Gasteiger charge is -2.16. The van der Waals surface area contributed by atoms with Gasteiger partial charge in [-0.3, -0.25) is 0 Å². The maximum atomic E-state index is 11.0. The number of benzene rings is 1. The number of hydrogen-bond acceptors (Lipinski definition) is 4. The molecule has 0 aliphatic rings. The lowest BCUT2D eigenvalue weighted by molar-refractivity contribution is 0.367. The van der Waals surface area contributed by atoms with E-state index in [1.807, 2.05) is 36.2 Å². The van der Waals surface area contributed by atoms with Gasteiger partial charge in [0.25, 0.3) is 0 Å². The molecule has 18 heavy (non-hydrogen) atoms. The van der Waals surface area contributed by atoms with Gasteiger partial charge >= 0.3 is 0 Å². The number of nitrogens with zero attached hydrogens (tertiary/aromatic N) is 1. The van der Waals surface area contributed by atoms with Crippen LogP contribution in [0.4, 0.5) is 5.69 Å². The molecule has 1 aromatic carbocycles. The van der Waals surface area contributed by atoms with Gasteiger partial charge < -0.3 is 10.2 Å². The van der Waals surface area contributed by atoms with Crippen LogP contribution in [0.2, 0.25) is 5.02 Å². The van der Waals surface area contributed by atoms with Crippen LogP contribution in [0, 0.1) is 0 Å². The van der Waals surface area contributed by atoms with Gasteiger partial charge in [0, 0.05) is 36.6 Å². The molecule has 1 N–H and O–H groups in total. The molecule has 1 rings (SSSR count). The molecule has 0 aliphatic heterocycles. The Morgan fingerprint density at radius 3 is 2.67 bits per heavy atom. The summed E-state index contributed by atoms with van der Waals surface area (Å²) in [5, 5.41) is 3.94. The van der Waals surface area contributed by atoms with Crippen LogP contribution in [-0.2, 0) is 9.84 Å². The van der Waals surface area contributed by atoms with Crippen LogP contribution < -0.4 is 5.32 Å². The first-order valence-electron chi connectivity index (χ1n) is 5.72. The highest BCUT2D eigenvalue weighted by Gasteiger charge is 2.05. The second kappa shape index (κ2) is 6.97. The van der Waals surface area contributed by atoms with Gasteiger partial charge in [-0.15, -0.1) is 0 Å². The first-order chi connectivity index (χ1) is 8.37. The minimum Gasteiger partial charge on any atom is -0.384 e. The summed E-state index contributed by atoms with van der Waals surface area (Å²) in [6.07, 6.45) is 1.26. The Morgan fingerprint density at radius 1 is 1.33 bits per heavy atom. The molecule has 0 unspecified atom stereocenters. The molecule has 0 amide bonds. The van der Waals surface area contributed by atoms with Gasteiger partial charge in [0.1, 0.15) is 9.84 Å². The normalized spacial score (nSPS) is 11.8. The Labute approximate surface area is 114 Å². The lowest BCUT2D eigenvalue weighted by Crippen LogP contribution is -2.29. The zero-order valence-electron chi connectivity index (χ0n) is 10.7. The molecule has 0 saturated carbocycles. The summed E-state index contributed by atoms with van der Waals surface area (Å²) in [5.41, 5.74) is 0.971. The highest BCUT2D eigenvalue weighted by atomic mass is 35.5. The molecule has 0 saturated heterocycles. The van der Waals surface area contributed by atoms with Crippen molar-refractivity contribution in [1.82, 2.24) is 4.90 Å². The van der Waals surface area contributed by atoms with E-state index in [0.29, 0.717) is 11.6 Å².